The highest BCUT2D eigenvalue weighted by Crippen LogP contribution is 2.14. The van der Waals surface area contributed by atoms with Gasteiger partial charge >= 0.3 is 0 Å². The maximum atomic E-state index is 12.1. The molecule has 1 aliphatic rings. The second kappa shape index (κ2) is 7.23. The van der Waals surface area contributed by atoms with E-state index in [-0.39, 0.29) is 11.8 Å². The van der Waals surface area contributed by atoms with Gasteiger partial charge in [-0.25, -0.2) is 0 Å². The molecule has 0 spiro atoms. The topological polar surface area (TPSA) is 23.6 Å². The van der Waals surface area contributed by atoms with Crippen LogP contribution < -0.4 is 0 Å². The molecule has 1 aromatic carbocycles. The van der Waals surface area contributed by atoms with Crippen LogP contribution in [0.25, 0.3) is 0 Å². The van der Waals surface area contributed by atoms with E-state index >= 15 is 0 Å². The van der Waals surface area contributed by atoms with E-state index in [0.717, 1.165) is 43.6 Å². The van der Waals surface area contributed by atoms with E-state index in [1.54, 1.807) is 0 Å². The van der Waals surface area contributed by atoms with Gasteiger partial charge < -0.3 is 4.90 Å². The maximum absolute atomic E-state index is 12.1. The van der Waals surface area contributed by atoms with Crippen LogP contribution in [-0.4, -0.2) is 41.9 Å². The first-order chi connectivity index (χ1) is 9.56. The third kappa shape index (κ3) is 4.32. The van der Waals surface area contributed by atoms with Crippen molar-refractivity contribution in [2.24, 2.45) is 5.92 Å². The second-order valence-electron chi connectivity index (χ2n) is 5.74. The molecule has 0 bridgehead atoms. The summed E-state index contributed by atoms with van der Waals surface area (Å²) in [6, 6.07) is 8.49. The van der Waals surface area contributed by atoms with Crippen molar-refractivity contribution in [2.75, 3.05) is 26.2 Å². The molecule has 1 amide bonds. The minimum Gasteiger partial charge on any atom is -0.341 e. The van der Waals surface area contributed by atoms with Gasteiger partial charge in [-0.3, -0.25) is 9.69 Å². The van der Waals surface area contributed by atoms with Gasteiger partial charge in [-0.05, 0) is 24.1 Å². The fourth-order valence-corrected chi connectivity index (χ4v) is 2.83. The van der Waals surface area contributed by atoms with Gasteiger partial charge in [0.25, 0.3) is 0 Å². The molecule has 0 aromatic heterocycles. The summed E-state index contributed by atoms with van der Waals surface area (Å²) >= 11 is 3.46. The molecule has 0 atom stereocenters. The maximum Gasteiger partial charge on any atom is 0.225 e. The molecule has 0 radical (unpaired) electrons. The molecule has 3 nitrogen and oxygen atoms in total. The summed E-state index contributed by atoms with van der Waals surface area (Å²) in [5.41, 5.74) is 1.33. The zero-order valence-corrected chi connectivity index (χ0v) is 13.9. The fourth-order valence-electron chi connectivity index (χ4n) is 2.56. The summed E-state index contributed by atoms with van der Waals surface area (Å²) in [7, 11) is 0. The van der Waals surface area contributed by atoms with E-state index < -0.39 is 0 Å². The van der Waals surface area contributed by atoms with Gasteiger partial charge in [0.1, 0.15) is 0 Å². The SMILES string of the molecule is CC(C)C(=O)N1CCCN(Cc2ccc(Br)cc2)CC1. The Kier molecular flexibility index (Phi) is 5.61. The summed E-state index contributed by atoms with van der Waals surface area (Å²) < 4.78 is 1.12. The molecule has 1 aliphatic heterocycles. The molecule has 2 rings (SSSR count). The molecular weight excluding hydrogens is 316 g/mol. The van der Waals surface area contributed by atoms with Crippen LogP contribution in [0.3, 0.4) is 0 Å². The van der Waals surface area contributed by atoms with Crippen molar-refractivity contribution in [3.05, 3.63) is 34.3 Å². The van der Waals surface area contributed by atoms with Gasteiger partial charge in [-0.1, -0.05) is 41.9 Å². The summed E-state index contributed by atoms with van der Waals surface area (Å²) in [5, 5.41) is 0. The Labute approximate surface area is 130 Å². The molecule has 0 aliphatic carbocycles. The Bertz CT molecular complexity index is 444. The third-order valence-corrected chi connectivity index (χ3v) is 4.24. The van der Waals surface area contributed by atoms with Gasteiger partial charge in [0.15, 0.2) is 0 Å². The van der Waals surface area contributed by atoms with E-state index in [1.807, 2.05) is 18.7 Å². The average molecular weight is 339 g/mol. The Balaban J connectivity index is 1.89. The van der Waals surface area contributed by atoms with Crippen LogP contribution >= 0.6 is 15.9 Å². The Hall–Kier alpha value is -0.870. The molecular formula is C16H23BrN2O. The summed E-state index contributed by atoms with van der Waals surface area (Å²) in [6.45, 7) is 8.71. The molecule has 1 saturated heterocycles. The van der Waals surface area contributed by atoms with E-state index in [1.165, 1.54) is 5.56 Å². The van der Waals surface area contributed by atoms with Crippen LogP contribution in [0.4, 0.5) is 0 Å². The largest absolute Gasteiger partial charge is 0.341 e. The lowest BCUT2D eigenvalue weighted by Gasteiger charge is -2.23. The lowest BCUT2D eigenvalue weighted by Crippen LogP contribution is -2.37. The monoisotopic (exact) mass is 338 g/mol. The third-order valence-electron chi connectivity index (χ3n) is 3.71. The molecule has 0 saturated carbocycles. The first-order valence-corrected chi connectivity index (χ1v) is 8.11. The van der Waals surface area contributed by atoms with Gasteiger partial charge in [-0.2, -0.15) is 0 Å². The predicted molar refractivity (Wildman–Crippen MR) is 85.5 cm³/mol. The van der Waals surface area contributed by atoms with Crippen molar-refractivity contribution in [1.29, 1.82) is 0 Å². The first kappa shape index (κ1) is 15.5. The summed E-state index contributed by atoms with van der Waals surface area (Å²) in [5.74, 6) is 0.392. The summed E-state index contributed by atoms with van der Waals surface area (Å²) in [6.07, 6.45) is 1.06. The minimum absolute atomic E-state index is 0.105. The highest BCUT2D eigenvalue weighted by Gasteiger charge is 2.20. The van der Waals surface area contributed by atoms with Crippen LogP contribution in [0.5, 0.6) is 0 Å². The molecule has 0 unspecified atom stereocenters. The van der Waals surface area contributed by atoms with Gasteiger partial charge in [0.05, 0.1) is 0 Å². The quantitative estimate of drug-likeness (QED) is 0.845. The number of amides is 1. The standard InChI is InChI=1S/C16H23BrN2O/c1-13(2)16(20)19-9-3-8-18(10-11-19)12-14-4-6-15(17)7-5-14/h4-7,13H,3,8-12H2,1-2H3. The van der Waals surface area contributed by atoms with Crippen molar-refractivity contribution in [3.63, 3.8) is 0 Å². The number of benzene rings is 1. The van der Waals surface area contributed by atoms with E-state index in [0.29, 0.717) is 0 Å². The van der Waals surface area contributed by atoms with E-state index in [2.05, 4.69) is 45.1 Å². The van der Waals surface area contributed by atoms with Crippen LogP contribution in [0.1, 0.15) is 25.8 Å². The average Bonchev–Trinajstić information content (AvgIpc) is 2.66. The first-order valence-electron chi connectivity index (χ1n) is 7.32. The number of rotatable bonds is 3. The highest BCUT2D eigenvalue weighted by molar-refractivity contribution is 9.10. The zero-order valence-electron chi connectivity index (χ0n) is 12.3. The summed E-state index contributed by atoms with van der Waals surface area (Å²) in [4.78, 5) is 16.5. The number of hydrogen-bond acceptors (Lipinski definition) is 2. The van der Waals surface area contributed by atoms with E-state index in [4.69, 9.17) is 0 Å². The van der Waals surface area contributed by atoms with Gasteiger partial charge in [0.2, 0.25) is 5.91 Å². The van der Waals surface area contributed by atoms with Crippen molar-refractivity contribution < 1.29 is 4.79 Å². The lowest BCUT2D eigenvalue weighted by atomic mass is 10.2. The molecule has 1 fully saturated rings. The number of carbonyl (C=O) groups excluding carboxylic acids is 1. The van der Waals surface area contributed by atoms with Crippen LogP contribution in [0.15, 0.2) is 28.7 Å². The van der Waals surface area contributed by atoms with Crippen LogP contribution in [0, 0.1) is 5.92 Å². The smallest absolute Gasteiger partial charge is 0.225 e. The fraction of sp³-hybridized carbons (Fsp3) is 0.562. The molecule has 1 aromatic rings. The Morgan fingerprint density at radius 1 is 1.15 bits per heavy atom. The Morgan fingerprint density at radius 2 is 1.85 bits per heavy atom. The second-order valence-corrected chi connectivity index (χ2v) is 6.65. The highest BCUT2D eigenvalue weighted by atomic mass is 79.9. The van der Waals surface area contributed by atoms with Gasteiger partial charge in [0, 0.05) is 43.1 Å². The molecule has 20 heavy (non-hydrogen) atoms. The molecule has 110 valence electrons. The van der Waals surface area contributed by atoms with Crippen molar-refractivity contribution in [3.8, 4) is 0 Å². The van der Waals surface area contributed by atoms with E-state index in [9.17, 15) is 4.79 Å². The predicted octanol–water partition coefficient (Wildman–Crippen LogP) is 3.14. The number of carbonyl (C=O) groups is 1. The molecule has 0 N–H and O–H groups in total. The normalized spacial score (nSPS) is 17.3. The molecule has 1 heterocycles. The lowest BCUT2D eigenvalue weighted by molar-refractivity contribution is -0.134. The zero-order chi connectivity index (χ0) is 14.5. The number of halogens is 1. The van der Waals surface area contributed by atoms with Crippen LogP contribution in [-0.2, 0) is 11.3 Å². The number of hydrogen-bond donors (Lipinski definition) is 0. The number of nitrogens with zero attached hydrogens (tertiary/aromatic N) is 2. The van der Waals surface area contributed by atoms with Crippen LogP contribution in [0.2, 0.25) is 0 Å². The van der Waals surface area contributed by atoms with Crippen molar-refractivity contribution in [2.45, 2.75) is 26.8 Å². The van der Waals surface area contributed by atoms with Crippen molar-refractivity contribution >= 4 is 21.8 Å². The minimum atomic E-state index is 0.105. The Morgan fingerprint density at radius 3 is 2.50 bits per heavy atom. The van der Waals surface area contributed by atoms with Gasteiger partial charge in [-0.15, -0.1) is 0 Å². The molecule has 4 heteroatoms. The van der Waals surface area contributed by atoms with Crippen molar-refractivity contribution in [1.82, 2.24) is 9.80 Å².